The lowest BCUT2D eigenvalue weighted by molar-refractivity contribution is 0.0952. The number of ether oxygens (including phenoxy) is 1. The molecule has 28 heavy (non-hydrogen) atoms. The second kappa shape index (κ2) is 9.75. The van der Waals surface area contributed by atoms with E-state index in [-0.39, 0.29) is 5.91 Å². The van der Waals surface area contributed by atoms with E-state index in [1.807, 2.05) is 49.4 Å². The number of carbonyl (C=O) groups excluding carboxylic acids is 1. The Kier molecular flexibility index (Phi) is 7.12. The van der Waals surface area contributed by atoms with Crippen molar-refractivity contribution in [2.24, 2.45) is 0 Å². The molecule has 7 heteroatoms. The van der Waals surface area contributed by atoms with Crippen LogP contribution in [0.15, 0.2) is 59.2 Å². The van der Waals surface area contributed by atoms with Crippen molar-refractivity contribution in [3.05, 3.63) is 81.0 Å². The number of aromatic nitrogens is 2. The molecule has 1 aromatic heterocycles. The summed E-state index contributed by atoms with van der Waals surface area (Å²) < 4.78 is 8.54. The fourth-order valence-electron chi connectivity index (χ4n) is 2.68. The van der Waals surface area contributed by atoms with Gasteiger partial charge in [0, 0.05) is 29.3 Å². The van der Waals surface area contributed by atoms with Crippen LogP contribution in [-0.2, 0) is 13.2 Å². The Morgan fingerprint density at radius 3 is 2.82 bits per heavy atom. The fraction of sp³-hybridized carbons (Fsp3) is 0.238. The van der Waals surface area contributed by atoms with Gasteiger partial charge >= 0.3 is 0 Å². The van der Waals surface area contributed by atoms with Gasteiger partial charge in [0.25, 0.3) is 5.91 Å². The Hall–Kier alpha value is -2.31. The van der Waals surface area contributed by atoms with Gasteiger partial charge in [0.05, 0.1) is 10.7 Å². The van der Waals surface area contributed by atoms with Crippen molar-refractivity contribution in [3.63, 3.8) is 0 Å². The predicted molar refractivity (Wildman–Crippen MR) is 114 cm³/mol. The molecule has 0 fully saturated rings. The third-order valence-corrected chi connectivity index (χ3v) is 4.99. The van der Waals surface area contributed by atoms with E-state index in [2.05, 4.69) is 26.3 Å². The summed E-state index contributed by atoms with van der Waals surface area (Å²) in [7, 11) is 0. The summed E-state index contributed by atoms with van der Waals surface area (Å²) in [5, 5.41) is 7.90. The standard InChI is InChI=1S/C21H21BrClN3O2/c1-15-20(23)13-26(25-15)10-4-9-24-21(27)17-6-2-5-16(11-17)14-28-19-8-3-7-18(22)12-19/h2-3,5-8,11-13H,4,9-10,14H2,1H3,(H,24,27). The highest BCUT2D eigenvalue weighted by atomic mass is 79.9. The lowest BCUT2D eigenvalue weighted by Crippen LogP contribution is -2.25. The molecule has 0 aliphatic heterocycles. The first kappa shape index (κ1) is 20.4. The number of halogens is 2. The largest absolute Gasteiger partial charge is 0.489 e. The highest BCUT2D eigenvalue weighted by Gasteiger charge is 2.07. The van der Waals surface area contributed by atoms with Gasteiger partial charge in [-0.05, 0) is 49.2 Å². The maximum absolute atomic E-state index is 12.4. The highest BCUT2D eigenvalue weighted by Crippen LogP contribution is 2.19. The fourth-order valence-corrected chi connectivity index (χ4v) is 3.21. The summed E-state index contributed by atoms with van der Waals surface area (Å²) in [6.45, 7) is 3.54. The molecule has 0 bridgehead atoms. The summed E-state index contributed by atoms with van der Waals surface area (Å²) in [6, 6.07) is 15.1. The smallest absolute Gasteiger partial charge is 0.251 e. The quantitative estimate of drug-likeness (QED) is 0.479. The number of hydrogen-bond acceptors (Lipinski definition) is 3. The highest BCUT2D eigenvalue weighted by molar-refractivity contribution is 9.10. The zero-order valence-corrected chi connectivity index (χ0v) is 17.8. The van der Waals surface area contributed by atoms with Gasteiger partial charge in [-0.1, -0.05) is 45.7 Å². The topological polar surface area (TPSA) is 56.2 Å². The van der Waals surface area contributed by atoms with Crippen LogP contribution in [0, 0.1) is 6.92 Å². The average molecular weight is 463 g/mol. The van der Waals surface area contributed by atoms with Crippen molar-refractivity contribution >= 4 is 33.4 Å². The minimum atomic E-state index is -0.0982. The molecule has 0 radical (unpaired) electrons. The predicted octanol–water partition coefficient (Wildman–Crippen LogP) is 5.01. The van der Waals surface area contributed by atoms with E-state index < -0.39 is 0 Å². The maximum Gasteiger partial charge on any atom is 0.251 e. The third kappa shape index (κ3) is 5.84. The Morgan fingerprint density at radius 2 is 2.07 bits per heavy atom. The van der Waals surface area contributed by atoms with E-state index in [0.29, 0.717) is 30.3 Å². The molecule has 3 aromatic rings. The number of rotatable bonds is 8. The third-order valence-electron chi connectivity index (χ3n) is 4.13. The SMILES string of the molecule is Cc1nn(CCCNC(=O)c2cccc(COc3cccc(Br)c3)c2)cc1Cl. The molecule has 1 heterocycles. The van der Waals surface area contributed by atoms with Crippen LogP contribution in [0.1, 0.15) is 28.0 Å². The van der Waals surface area contributed by atoms with Crippen molar-refractivity contribution in [2.45, 2.75) is 26.5 Å². The molecule has 0 aliphatic rings. The van der Waals surface area contributed by atoms with Crippen LogP contribution in [0.2, 0.25) is 5.02 Å². The zero-order chi connectivity index (χ0) is 19.9. The number of amides is 1. The summed E-state index contributed by atoms with van der Waals surface area (Å²) in [6.07, 6.45) is 2.57. The molecule has 0 aliphatic carbocycles. The number of carbonyl (C=O) groups is 1. The molecule has 0 unspecified atom stereocenters. The van der Waals surface area contributed by atoms with Crippen molar-refractivity contribution in [3.8, 4) is 5.75 Å². The number of nitrogens with one attached hydrogen (secondary N) is 1. The van der Waals surface area contributed by atoms with E-state index in [1.165, 1.54) is 0 Å². The minimum Gasteiger partial charge on any atom is -0.489 e. The monoisotopic (exact) mass is 461 g/mol. The van der Waals surface area contributed by atoms with Crippen LogP contribution in [0.5, 0.6) is 5.75 Å². The lowest BCUT2D eigenvalue weighted by Gasteiger charge is -2.09. The summed E-state index contributed by atoms with van der Waals surface area (Å²) >= 11 is 9.42. The maximum atomic E-state index is 12.4. The minimum absolute atomic E-state index is 0.0982. The molecular weight excluding hydrogens is 442 g/mol. The van der Waals surface area contributed by atoms with Crippen molar-refractivity contribution in [2.75, 3.05) is 6.54 Å². The van der Waals surface area contributed by atoms with Crippen LogP contribution >= 0.6 is 27.5 Å². The summed E-state index contributed by atoms with van der Waals surface area (Å²) in [5.41, 5.74) is 2.37. The van der Waals surface area contributed by atoms with Crippen molar-refractivity contribution in [1.29, 1.82) is 0 Å². The Balaban J connectivity index is 1.47. The van der Waals surface area contributed by atoms with Crippen LogP contribution < -0.4 is 10.1 Å². The summed E-state index contributed by atoms with van der Waals surface area (Å²) in [4.78, 5) is 12.4. The molecule has 1 amide bonds. The molecule has 0 spiro atoms. The molecular formula is C21H21BrClN3O2. The second-order valence-electron chi connectivity index (χ2n) is 6.38. The number of benzene rings is 2. The zero-order valence-electron chi connectivity index (χ0n) is 15.5. The molecule has 2 aromatic carbocycles. The Bertz CT molecular complexity index is 939. The number of hydrogen-bond donors (Lipinski definition) is 1. The molecule has 3 rings (SSSR count). The van der Waals surface area contributed by atoms with E-state index in [9.17, 15) is 4.79 Å². The van der Waals surface area contributed by atoms with E-state index in [4.69, 9.17) is 16.3 Å². The van der Waals surface area contributed by atoms with Crippen molar-refractivity contribution in [1.82, 2.24) is 15.1 Å². The molecule has 5 nitrogen and oxygen atoms in total. The Morgan fingerprint density at radius 1 is 1.25 bits per heavy atom. The average Bonchev–Trinajstić information content (AvgIpc) is 3.01. The van der Waals surface area contributed by atoms with Gasteiger partial charge in [0.1, 0.15) is 12.4 Å². The van der Waals surface area contributed by atoms with E-state index in [1.54, 1.807) is 16.9 Å². The molecule has 0 saturated carbocycles. The molecule has 0 saturated heterocycles. The van der Waals surface area contributed by atoms with Crippen molar-refractivity contribution < 1.29 is 9.53 Å². The number of aryl methyl sites for hydroxylation is 2. The van der Waals surface area contributed by atoms with Crippen LogP contribution in [0.4, 0.5) is 0 Å². The summed E-state index contributed by atoms with van der Waals surface area (Å²) in [5.74, 6) is 0.678. The van der Waals surface area contributed by atoms with E-state index >= 15 is 0 Å². The van der Waals surface area contributed by atoms with Gasteiger partial charge in [0.2, 0.25) is 0 Å². The van der Waals surface area contributed by atoms with Gasteiger partial charge in [-0.3, -0.25) is 9.48 Å². The van der Waals surface area contributed by atoms with Gasteiger partial charge < -0.3 is 10.1 Å². The number of nitrogens with zero attached hydrogens (tertiary/aromatic N) is 2. The van der Waals surface area contributed by atoms with Crippen LogP contribution in [0.25, 0.3) is 0 Å². The van der Waals surface area contributed by atoms with Gasteiger partial charge in [-0.25, -0.2) is 0 Å². The molecule has 146 valence electrons. The lowest BCUT2D eigenvalue weighted by atomic mass is 10.1. The molecule has 1 N–H and O–H groups in total. The molecule has 0 atom stereocenters. The first-order chi connectivity index (χ1) is 13.5. The van der Waals surface area contributed by atoms with Crippen LogP contribution in [-0.4, -0.2) is 22.2 Å². The Labute approximate surface area is 177 Å². The van der Waals surface area contributed by atoms with E-state index in [0.717, 1.165) is 27.9 Å². The first-order valence-corrected chi connectivity index (χ1v) is 10.1. The van der Waals surface area contributed by atoms with Gasteiger partial charge in [0.15, 0.2) is 0 Å². The van der Waals surface area contributed by atoms with Gasteiger partial charge in [-0.15, -0.1) is 0 Å². The first-order valence-electron chi connectivity index (χ1n) is 8.96. The second-order valence-corrected chi connectivity index (χ2v) is 7.70. The van der Waals surface area contributed by atoms with Gasteiger partial charge in [-0.2, -0.15) is 5.10 Å². The van der Waals surface area contributed by atoms with Crippen LogP contribution in [0.3, 0.4) is 0 Å². The normalized spacial score (nSPS) is 10.7.